The van der Waals surface area contributed by atoms with Crippen molar-refractivity contribution in [3.05, 3.63) is 41.1 Å². The molecule has 6 nitrogen and oxygen atoms in total. The van der Waals surface area contributed by atoms with Gasteiger partial charge < -0.3 is 15.8 Å². The molecule has 0 radical (unpaired) electrons. The lowest BCUT2D eigenvalue weighted by molar-refractivity contribution is 0.102. The lowest BCUT2D eigenvalue weighted by atomic mass is 10.1. The van der Waals surface area contributed by atoms with Crippen molar-refractivity contribution in [2.45, 2.75) is 6.92 Å². The minimum Gasteiger partial charge on any atom is -0.496 e. The van der Waals surface area contributed by atoms with E-state index < -0.39 is 0 Å². The van der Waals surface area contributed by atoms with Gasteiger partial charge in [0.25, 0.3) is 5.91 Å². The highest BCUT2D eigenvalue weighted by Gasteiger charge is 2.16. The molecule has 104 valence electrons. The van der Waals surface area contributed by atoms with Crippen molar-refractivity contribution in [3.63, 3.8) is 0 Å². The normalized spacial score (nSPS) is 10.1. The van der Waals surface area contributed by atoms with E-state index in [1.165, 1.54) is 13.3 Å². The predicted octanol–water partition coefficient (Wildman–Crippen LogP) is 1.61. The molecule has 1 aromatic carbocycles. The molecule has 0 saturated carbocycles. The van der Waals surface area contributed by atoms with E-state index in [0.29, 0.717) is 22.7 Å². The third-order valence-corrected chi connectivity index (χ3v) is 2.96. The molecule has 0 unspecified atom stereocenters. The first-order valence-electron chi connectivity index (χ1n) is 5.82. The molecule has 1 heterocycles. The molecule has 0 bridgehead atoms. The van der Waals surface area contributed by atoms with Gasteiger partial charge >= 0.3 is 0 Å². The Bertz CT molecular complexity index is 666. The molecule has 0 atom stereocenters. The molecule has 0 aliphatic rings. The number of thiocarbonyl (C=S) groups is 1. The second-order valence-electron chi connectivity index (χ2n) is 4.18. The highest BCUT2D eigenvalue weighted by atomic mass is 32.1. The highest BCUT2D eigenvalue weighted by Crippen LogP contribution is 2.21. The fourth-order valence-corrected chi connectivity index (χ4v) is 1.90. The molecule has 20 heavy (non-hydrogen) atoms. The van der Waals surface area contributed by atoms with Gasteiger partial charge in [-0.3, -0.25) is 9.89 Å². The number of hydrogen-bond donors (Lipinski definition) is 3. The van der Waals surface area contributed by atoms with Crippen molar-refractivity contribution in [3.8, 4) is 5.75 Å². The van der Waals surface area contributed by atoms with Crippen LogP contribution in [-0.2, 0) is 0 Å². The number of nitrogens with one attached hydrogen (secondary N) is 2. The van der Waals surface area contributed by atoms with Crippen molar-refractivity contribution in [2.24, 2.45) is 5.73 Å². The van der Waals surface area contributed by atoms with Crippen LogP contribution in [0.1, 0.15) is 21.5 Å². The number of rotatable bonds is 4. The number of anilines is 1. The molecule has 2 rings (SSSR count). The highest BCUT2D eigenvalue weighted by molar-refractivity contribution is 7.80. The summed E-state index contributed by atoms with van der Waals surface area (Å²) in [5.74, 6) is 0.530. The molecule has 0 aliphatic carbocycles. The van der Waals surface area contributed by atoms with Crippen LogP contribution >= 0.6 is 12.2 Å². The second-order valence-corrected chi connectivity index (χ2v) is 4.62. The summed E-state index contributed by atoms with van der Waals surface area (Å²) >= 11 is 4.88. The number of ether oxygens (including phenoxy) is 1. The molecule has 0 aliphatic heterocycles. The predicted molar refractivity (Wildman–Crippen MR) is 80.2 cm³/mol. The summed E-state index contributed by atoms with van der Waals surface area (Å²) in [6.45, 7) is 1.90. The van der Waals surface area contributed by atoms with Gasteiger partial charge in [-0.05, 0) is 19.1 Å². The van der Waals surface area contributed by atoms with Crippen LogP contribution in [0.25, 0.3) is 0 Å². The maximum atomic E-state index is 12.3. The Morgan fingerprint density at radius 1 is 1.45 bits per heavy atom. The number of amides is 1. The first kappa shape index (κ1) is 14.0. The largest absolute Gasteiger partial charge is 0.496 e. The zero-order valence-electron chi connectivity index (χ0n) is 11.1. The topological polar surface area (TPSA) is 93.0 Å². The zero-order valence-corrected chi connectivity index (χ0v) is 11.9. The summed E-state index contributed by atoms with van der Waals surface area (Å²) in [4.78, 5) is 12.5. The van der Waals surface area contributed by atoms with Gasteiger partial charge in [0.15, 0.2) is 0 Å². The van der Waals surface area contributed by atoms with Crippen LogP contribution in [0.15, 0.2) is 24.4 Å². The molecule has 1 amide bonds. The lowest BCUT2D eigenvalue weighted by Crippen LogP contribution is -2.17. The summed E-state index contributed by atoms with van der Waals surface area (Å²) in [5.41, 5.74) is 7.42. The fraction of sp³-hybridized carbons (Fsp3) is 0.154. The van der Waals surface area contributed by atoms with Crippen LogP contribution in [-0.4, -0.2) is 28.2 Å². The van der Waals surface area contributed by atoms with Crippen molar-refractivity contribution >= 4 is 28.9 Å². The lowest BCUT2D eigenvalue weighted by Gasteiger charge is -2.10. The van der Waals surface area contributed by atoms with Crippen molar-refractivity contribution in [1.82, 2.24) is 10.2 Å². The Kier molecular flexibility index (Phi) is 3.99. The van der Waals surface area contributed by atoms with Gasteiger partial charge in [0.05, 0.1) is 24.4 Å². The number of nitrogens with zero attached hydrogens (tertiary/aromatic N) is 1. The quantitative estimate of drug-likeness (QED) is 0.744. The van der Waals surface area contributed by atoms with Crippen LogP contribution in [0.4, 0.5) is 5.82 Å². The van der Waals surface area contributed by atoms with Crippen LogP contribution in [0.5, 0.6) is 5.75 Å². The number of nitrogens with two attached hydrogens (primary N) is 1. The maximum absolute atomic E-state index is 12.3. The Morgan fingerprint density at radius 3 is 2.85 bits per heavy atom. The van der Waals surface area contributed by atoms with E-state index in [0.717, 1.165) is 5.56 Å². The molecule has 0 spiro atoms. The smallest absolute Gasteiger partial charge is 0.260 e. The van der Waals surface area contributed by atoms with Crippen molar-refractivity contribution in [1.29, 1.82) is 0 Å². The molecule has 2 aromatic rings. The van der Waals surface area contributed by atoms with Gasteiger partial charge in [-0.15, -0.1) is 0 Å². The zero-order chi connectivity index (χ0) is 14.7. The third-order valence-electron chi connectivity index (χ3n) is 2.74. The standard InChI is InChI=1S/C13H14N4O2S/c1-7-3-4-10(19-2)8(5-7)13(18)16-12-9(11(14)20)6-15-17-12/h3-6H,1-2H3,(H2,14,20)(H2,15,16,17,18). The van der Waals surface area contributed by atoms with E-state index >= 15 is 0 Å². The van der Waals surface area contributed by atoms with E-state index in [2.05, 4.69) is 15.5 Å². The van der Waals surface area contributed by atoms with E-state index in [1.54, 1.807) is 12.1 Å². The third kappa shape index (κ3) is 2.77. The first-order valence-corrected chi connectivity index (χ1v) is 6.23. The van der Waals surface area contributed by atoms with Gasteiger partial charge in [-0.2, -0.15) is 5.10 Å². The molecule has 0 saturated heterocycles. The Labute approximate surface area is 121 Å². The number of benzene rings is 1. The van der Waals surface area contributed by atoms with Gasteiger partial charge in [-0.1, -0.05) is 23.8 Å². The molecule has 0 fully saturated rings. The average Bonchev–Trinajstić information content (AvgIpc) is 2.87. The molecular formula is C13H14N4O2S. The Morgan fingerprint density at radius 2 is 2.20 bits per heavy atom. The van der Waals surface area contributed by atoms with Gasteiger partial charge in [-0.25, -0.2) is 0 Å². The Hall–Kier alpha value is -2.41. The number of hydrogen-bond acceptors (Lipinski definition) is 4. The number of aromatic nitrogens is 2. The Balaban J connectivity index is 2.30. The number of aryl methyl sites for hydroxylation is 1. The molecule has 1 aromatic heterocycles. The fourth-order valence-electron chi connectivity index (χ4n) is 1.75. The monoisotopic (exact) mass is 290 g/mol. The number of H-pyrrole nitrogens is 1. The van der Waals surface area contributed by atoms with Crippen LogP contribution in [0, 0.1) is 6.92 Å². The summed E-state index contributed by atoms with van der Waals surface area (Å²) in [5, 5.41) is 9.15. The first-order chi connectivity index (χ1) is 9.52. The van der Waals surface area contributed by atoms with Crippen LogP contribution < -0.4 is 15.8 Å². The second kappa shape index (κ2) is 5.70. The average molecular weight is 290 g/mol. The molecular weight excluding hydrogens is 276 g/mol. The number of carbonyl (C=O) groups excluding carboxylic acids is 1. The van der Waals surface area contributed by atoms with Gasteiger partial charge in [0, 0.05) is 0 Å². The van der Waals surface area contributed by atoms with E-state index in [1.807, 2.05) is 13.0 Å². The van der Waals surface area contributed by atoms with E-state index in [9.17, 15) is 4.79 Å². The number of aromatic amines is 1. The maximum Gasteiger partial charge on any atom is 0.260 e. The molecule has 7 heteroatoms. The van der Waals surface area contributed by atoms with Crippen LogP contribution in [0.3, 0.4) is 0 Å². The summed E-state index contributed by atoms with van der Waals surface area (Å²) in [6.07, 6.45) is 1.46. The minimum absolute atomic E-state index is 0.158. The summed E-state index contributed by atoms with van der Waals surface area (Å²) in [6, 6.07) is 5.35. The van der Waals surface area contributed by atoms with Crippen molar-refractivity contribution < 1.29 is 9.53 Å². The summed E-state index contributed by atoms with van der Waals surface area (Å²) in [7, 11) is 1.51. The molecule has 4 N–H and O–H groups in total. The van der Waals surface area contributed by atoms with Gasteiger partial charge in [0.2, 0.25) is 0 Å². The number of methoxy groups -OCH3 is 1. The van der Waals surface area contributed by atoms with Crippen LogP contribution in [0.2, 0.25) is 0 Å². The van der Waals surface area contributed by atoms with E-state index in [4.69, 9.17) is 22.7 Å². The number of carbonyl (C=O) groups is 1. The minimum atomic E-state index is -0.327. The SMILES string of the molecule is COc1ccc(C)cc1C(=O)Nc1[nH]ncc1C(N)=S. The van der Waals surface area contributed by atoms with E-state index in [-0.39, 0.29) is 10.9 Å². The summed E-state index contributed by atoms with van der Waals surface area (Å²) < 4.78 is 5.18. The van der Waals surface area contributed by atoms with Crippen molar-refractivity contribution in [2.75, 3.05) is 12.4 Å². The van der Waals surface area contributed by atoms with Gasteiger partial charge in [0.1, 0.15) is 16.6 Å².